The summed E-state index contributed by atoms with van der Waals surface area (Å²) >= 11 is 3.40. The Balaban J connectivity index is 1.37. The number of halogens is 1. The first kappa shape index (κ1) is 19.0. The minimum Gasteiger partial charge on any atom is -0.486 e. The predicted molar refractivity (Wildman–Crippen MR) is 112 cm³/mol. The molecule has 0 radical (unpaired) electrons. The highest BCUT2D eigenvalue weighted by Crippen LogP contribution is 2.20. The van der Waals surface area contributed by atoms with Gasteiger partial charge in [-0.1, -0.05) is 40.2 Å². The van der Waals surface area contributed by atoms with E-state index in [0.717, 1.165) is 21.5 Å². The molecule has 0 saturated heterocycles. The van der Waals surface area contributed by atoms with Crippen LogP contribution in [0.1, 0.15) is 21.9 Å². The van der Waals surface area contributed by atoms with E-state index in [-0.39, 0.29) is 18.3 Å². The van der Waals surface area contributed by atoms with Gasteiger partial charge in [0, 0.05) is 23.4 Å². The molecule has 0 saturated carbocycles. The molecule has 7 heteroatoms. The Labute approximate surface area is 176 Å². The molecule has 0 bridgehead atoms. The van der Waals surface area contributed by atoms with E-state index in [4.69, 9.17) is 9.15 Å². The van der Waals surface area contributed by atoms with Crippen molar-refractivity contribution in [1.82, 2.24) is 15.1 Å². The molecular weight excluding hydrogens is 434 g/mol. The number of rotatable bonds is 7. The van der Waals surface area contributed by atoms with Crippen LogP contribution in [-0.2, 0) is 13.2 Å². The fourth-order valence-corrected chi connectivity index (χ4v) is 3.22. The van der Waals surface area contributed by atoms with Crippen LogP contribution in [0.15, 0.2) is 88.0 Å². The number of para-hydroxylation sites is 1. The summed E-state index contributed by atoms with van der Waals surface area (Å²) in [6.45, 7) is 0.602. The third-order valence-corrected chi connectivity index (χ3v) is 4.74. The number of furan rings is 1. The first-order chi connectivity index (χ1) is 14.2. The maximum absolute atomic E-state index is 12.5. The van der Waals surface area contributed by atoms with Crippen molar-refractivity contribution in [3.63, 3.8) is 0 Å². The highest BCUT2D eigenvalue weighted by atomic mass is 79.9. The minimum absolute atomic E-state index is 0.242. The van der Waals surface area contributed by atoms with E-state index in [0.29, 0.717) is 12.3 Å². The maximum atomic E-state index is 12.5. The molecule has 2 aromatic heterocycles. The Kier molecular flexibility index (Phi) is 5.76. The lowest BCUT2D eigenvalue weighted by Gasteiger charge is -2.10. The van der Waals surface area contributed by atoms with Gasteiger partial charge in [0.05, 0.1) is 5.69 Å². The lowest BCUT2D eigenvalue weighted by atomic mass is 10.1. The summed E-state index contributed by atoms with van der Waals surface area (Å²) in [7, 11) is 0. The molecule has 0 aliphatic rings. The highest BCUT2D eigenvalue weighted by molar-refractivity contribution is 9.10. The second-order valence-electron chi connectivity index (χ2n) is 6.27. The molecule has 0 fully saturated rings. The zero-order chi connectivity index (χ0) is 20.1. The number of ether oxygens (including phenoxy) is 1. The molecule has 6 nitrogen and oxygen atoms in total. The van der Waals surface area contributed by atoms with E-state index >= 15 is 0 Å². The van der Waals surface area contributed by atoms with Gasteiger partial charge in [0.1, 0.15) is 18.1 Å². The van der Waals surface area contributed by atoms with Gasteiger partial charge in [0.2, 0.25) is 0 Å². The molecule has 0 aliphatic heterocycles. The number of amides is 1. The first-order valence-electron chi connectivity index (χ1n) is 9.02. The van der Waals surface area contributed by atoms with E-state index in [1.54, 1.807) is 23.0 Å². The summed E-state index contributed by atoms with van der Waals surface area (Å²) in [6.07, 6.45) is 3.58. The molecule has 0 unspecified atom stereocenters. The van der Waals surface area contributed by atoms with E-state index in [2.05, 4.69) is 26.3 Å². The molecule has 2 heterocycles. The van der Waals surface area contributed by atoms with Crippen LogP contribution < -0.4 is 10.1 Å². The average Bonchev–Trinajstić information content (AvgIpc) is 3.43. The first-order valence-corrected chi connectivity index (χ1v) is 9.81. The fraction of sp³-hybridized carbons (Fsp3) is 0.0909. The predicted octanol–water partition coefficient (Wildman–Crippen LogP) is 4.74. The smallest absolute Gasteiger partial charge is 0.287 e. The number of carbonyl (C=O) groups is 1. The summed E-state index contributed by atoms with van der Waals surface area (Å²) in [5, 5.41) is 7.15. The summed E-state index contributed by atoms with van der Waals surface area (Å²) in [5.74, 6) is 1.26. The minimum atomic E-state index is -0.283. The van der Waals surface area contributed by atoms with Crippen LogP contribution in [0.4, 0.5) is 0 Å². The number of nitrogens with zero attached hydrogens (tertiary/aromatic N) is 2. The van der Waals surface area contributed by atoms with Gasteiger partial charge in [-0.05, 0) is 48.0 Å². The number of hydrogen-bond donors (Lipinski definition) is 1. The van der Waals surface area contributed by atoms with Crippen molar-refractivity contribution >= 4 is 21.8 Å². The molecule has 146 valence electrons. The van der Waals surface area contributed by atoms with Crippen molar-refractivity contribution in [1.29, 1.82) is 0 Å². The van der Waals surface area contributed by atoms with Crippen molar-refractivity contribution in [2.75, 3.05) is 0 Å². The average molecular weight is 452 g/mol. The second-order valence-corrected chi connectivity index (χ2v) is 7.19. The molecule has 0 atom stereocenters. The second kappa shape index (κ2) is 8.79. The van der Waals surface area contributed by atoms with Gasteiger partial charge < -0.3 is 14.5 Å². The maximum Gasteiger partial charge on any atom is 0.287 e. The van der Waals surface area contributed by atoms with Gasteiger partial charge >= 0.3 is 0 Å². The molecule has 0 spiro atoms. The monoisotopic (exact) mass is 451 g/mol. The van der Waals surface area contributed by atoms with Crippen LogP contribution in [-0.4, -0.2) is 15.7 Å². The Morgan fingerprint density at radius 2 is 2.00 bits per heavy atom. The lowest BCUT2D eigenvalue weighted by Crippen LogP contribution is -2.23. The lowest BCUT2D eigenvalue weighted by molar-refractivity contribution is 0.0919. The van der Waals surface area contributed by atoms with E-state index in [9.17, 15) is 4.79 Å². The quantitative estimate of drug-likeness (QED) is 0.440. The Morgan fingerprint density at radius 1 is 1.10 bits per heavy atom. The number of hydrogen-bond acceptors (Lipinski definition) is 4. The van der Waals surface area contributed by atoms with Gasteiger partial charge in [-0.3, -0.25) is 4.79 Å². The zero-order valence-electron chi connectivity index (χ0n) is 15.4. The molecule has 0 aliphatic carbocycles. The molecule has 1 N–H and O–H groups in total. The number of aromatic nitrogens is 2. The van der Waals surface area contributed by atoms with Crippen LogP contribution in [0.3, 0.4) is 0 Å². The van der Waals surface area contributed by atoms with Crippen LogP contribution >= 0.6 is 15.9 Å². The SMILES string of the molecule is O=C(NCc1ccccc1-n1cccn1)c1ccc(COc2cccc(Br)c2)o1. The van der Waals surface area contributed by atoms with Gasteiger partial charge in [-0.2, -0.15) is 5.10 Å². The normalized spacial score (nSPS) is 10.7. The van der Waals surface area contributed by atoms with Crippen LogP contribution in [0.2, 0.25) is 0 Å². The van der Waals surface area contributed by atoms with Crippen molar-refractivity contribution in [3.05, 3.63) is 101 Å². The summed E-state index contributed by atoms with van der Waals surface area (Å²) in [4.78, 5) is 12.5. The molecule has 2 aromatic carbocycles. The molecular formula is C22H18BrN3O3. The van der Waals surface area contributed by atoms with E-state index < -0.39 is 0 Å². The van der Waals surface area contributed by atoms with E-state index in [1.165, 1.54) is 0 Å². The fourth-order valence-electron chi connectivity index (χ4n) is 2.85. The van der Waals surface area contributed by atoms with Gasteiger partial charge in [0.15, 0.2) is 5.76 Å². The highest BCUT2D eigenvalue weighted by Gasteiger charge is 2.13. The number of nitrogens with one attached hydrogen (secondary N) is 1. The standard InChI is InChI=1S/C22H18BrN3O3/c23-17-6-3-7-18(13-17)28-15-19-9-10-21(29-19)22(27)24-14-16-5-1-2-8-20(16)26-12-4-11-25-26/h1-13H,14-15H2,(H,24,27). The third kappa shape index (κ3) is 4.75. The van der Waals surface area contributed by atoms with Crippen molar-refractivity contribution < 1.29 is 13.9 Å². The van der Waals surface area contributed by atoms with Crippen LogP contribution in [0, 0.1) is 0 Å². The number of carbonyl (C=O) groups excluding carboxylic acids is 1. The van der Waals surface area contributed by atoms with E-state index in [1.807, 2.05) is 60.8 Å². The van der Waals surface area contributed by atoms with Crippen molar-refractivity contribution in [2.24, 2.45) is 0 Å². The summed E-state index contributed by atoms with van der Waals surface area (Å²) < 4.78 is 14.0. The van der Waals surface area contributed by atoms with Crippen LogP contribution in [0.25, 0.3) is 5.69 Å². The third-order valence-electron chi connectivity index (χ3n) is 4.24. The van der Waals surface area contributed by atoms with Crippen LogP contribution in [0.5, 0.6) is 5.75 Å². The van der Waals surface area contributed by atoms with Gasteiger partial charge in [-0.15, -0.1) is 0 Å². The molecule has 1 amide bonds. The topological polar surface area (TPSA) is 69.3 Å². The summed E-state index contributed by atoms with van der Waals surface area (Å²) in [6, 6.07) is 20.6. The zero-order valence-corrected chi connectivity index (χ0v) is 17.0. The summed E-state index contributed by atoms with van der Waals surface area (Å²) in [5.41, 5.74) is 1.87. The van der Waals surface area contributed by atoms with Gasteiger partial charge in [-0.25, -0.2) is 4.68 Å². The van der Waals surface area contributed by atoms with Crippen molar-refractivity contribution in [3.8, 4) is 11.4 Å². The largest absolute Gasteiger partial charge is 0.486 e. The molecule has 29 heavy (non-hydrogen) atoms. The molecule has 4 aromatic rings. The molecule has 4 rings (SSSR count). The Hall–Kier alpha value is -3.32. The van der Waals surface area contributed by atoms with Crippen molar-refractivity contribution in [2.45, 2.75) is 13.2 Å². The number of benzene rings is 2. The Bertz CT molecular complexity index is 1110. The Morgan fingerprint density at radius 3 is 2.83 bits per heavy atom. The van der Waals surface area contributed by atoms with Gasteiger partial charge in [0.25, 0.3) is 5.91 Å².